The summed E-state index contributed by atoms with van der Waals surface area (Å²) in [4.78, 5) is 12.2. The summed E-state index contributed by atoms with van der Waals surface area (Å²) in [5.41, 5.74) is 1.21. The maximum atomic E-state index is 13.6. The highest BCUT2D eigenvalue weighted by Gasteiger charge is 2.15. The number of hydrogen-bond donors (Lipinski definition) is 3. The van der Waals surface area contributed by atoms with E-state index >= 15 is 0 Å². The number of carbonyl (C=O) groups excluding carboxylic acids is 1. The number of carbonyl (C=O) groups is 1. The van der Waals surface area contributed by atoms with E-state index in [4.69, 9.17) is 0 Å². The monoisotopic (exact) mass is 299 g/mol. The molecule has 0 saturated heterocycles. The number of aromatic nitrogens is 2. The molecule has 1 amide bonds. The summed E-state index contributed by atoms with van der Waals surface area (Å²) >= 11 is 0. The lowest BCUT2D eigenvalue weighted by Crippen LogP contribution is -2.28. The molecule has 0 aliphatic rings. The normalized spacial score (nSPS) is 12.3. The molecule has 0 radical (unpaired) electrons. The van der Waals surface area contributed by atoms with Crippen LogP contribution in [-0.4, -0.2) is 27.8 Å². The molecule has 1 atom stereocenters. The van der Waals surface area contributed by atoms with Gasteiger partial charge >= 0.3 is 0 Å². The first-order chi connectivity index (χ1) is 10.7. The maximum absolute atomic E-state index is 13.6. The number of amides is 1. The van der Waals surface area contributed by atoms with Gasteiger partial charge in [-0.25, -0.2) is 4.39 Å². The van der Waals surface area contributed by atoms with Crippen LogP contribution in [0, 0.1) is 5.82 Å². The van der Waals surface area contributed by atoms with Gasteiger partial charge in [0.15, 0.2) is 0 Å². The Morgan fingerprint density at radius 1 is 1.27 bits per heavy atom. The summed E-state index contributed by atoms with van der Waals surface area (Å²) in [6, 6.07) is 11.2. The van der Waals surface area contributed by atoms with E-state index in [-0.39, 0.29) is 18.0 Å². The first-order valence-corrected chi connectivity index (χ1v) is 6.79. The van der Waals surface area contributed by atoms with E-state index in [0.29, 0.717) is 11.1 Å². The summed E-state index contributed by atoms with van der Waals surface area (Å²) in [7, 11) is 0. The third-order valence-electron chi connectivity index (χ3n) is 3.44. The average molecular weight is 299 g/mol. The molecule has 6 heteroatoms. The Balaban J connectivity index is 1.73. The molecule has 1 unspecified atom stereocenters. The predicted molar refractivity (Wildman–Crippen MR) is 79.8 cm³/mol. The number of aliphatic hydroxyl groups is 1. The van der Waals surface area contributed by atoms with Crippen LogP contribution in [0.3, 0.4) is 0 Å². The average Bonchev–Trinajstić information content (AvgIpc) is 3.01. The van der Waals surface area contributed by atoms with E-state index in [1.165, 1.54) is 12.1 Å². The molecule has 1 aromatic heterocycles. The number of aromatic amines is 1. The van der Waals surface area contributed by atoms with Gasteiger partial charge in [-0.1, -0.05) is 30.3 Å². The van der Waals surface area contributed by atoms with Gasteiger partial charge in [-0.3, -0.25) is 9.89 Å². The van der Waals surface area contributed by atoms with E-state index < -0.39 is 11.9 Å². The van der Waals surface area contributed by atoms with Gasteiger partial charge in [0.05, 0.1) is 23.4 Å². The van der Waals surface area contributed by atoms with Crippen LogP contribution in [-0.2, 0) is 0 Å². The molecule has 0 fully saturated rings. The van der Waals surface area contributed by atoms with E-state index in [2.05, 4.69) is 15.5 Å². The van der Waals surface area contributed by atoms with Crippen LogP contribution in [0.4, 0.5) is 4.39 Å². The fraction of sp³-hybridized carbons (Fsp3) is 0.125. The van der Waals surface area contributed by atoms with Gasteiger partial charge < -0.3 is 10.4 Å². The molecule has 3 aromatic rings. The summed E-state index contributed by atoms with van der Waals surface area (Å²) < 4.78 is 13.6. The smallest absolute Gasteiger partial charge is 0.253 e. The third-order valence-corrected chi connectivity index (χ3v) is 3.44. The van der Waals surface area contributed by atoms with Crippen LogP contribution < -0.4 is 5.32 Å². The molecule has 0 aliphatic carbocycles. The SMILES string of the molecule is O=C(NCC(O)c1ccccc1F)c1cccc2cn[nH]c12. The second kappa shape index (κ2) is 5.95. The van der Waals surface area contributed by atoms with Crippen LogP contribution >= 0.6 is 0 Å². The predicted octanol–water partition coefficient (Wildman–Crippen LogP) is 2.17. The highest BCUT2D eigenvalue weighted by molar-refractivity contribution is 6.05. The van der Waals surface area contributed by atoms with Gasteiger partial charge in [0.2, 0.25) is 0 Å². The fourth-order valence-corrected chi connectivity index (χ4v) is 2.30. The zero-order valence-corrected chi connectivity index (χ0v) is 11.6. The van der Waals surface area contributed by atoms with Crippen molar-refractivity contribution in [3.8, 4) is 0 Å². The van der Waals surface area contributed by atoms with Crippen molar-refractivity contribution < 1.29 is 14.3 Å². The summed E-state index contributed by atoms with van der Waals surface area (Å²) in [6.45, 7) is -0.0791. The minimum atomic E-state index is -1.11. The molecule has 0 saturated carbocycles. The molecule has 3 rings (SSSR count). The lowest BCUT2D eigenvalue weighted by molar-refractivity contribution is 0.0915. The minimum Gasteiger partial charge on any atom is -0.386 e. The number of H-pyrrole nitrogens is 1. The molecule has 1 heterocycles. The van der Waals surface area contributed by atoms with Crippen LogP contribution in [0.1, 0.15) is 22.0 Å². The molecular weight excluding hydrogens is 285 g/mol. The number of para-hydroxylation sites is 1. The first kappa shape index (κ1) is 14.2. The Morgan fingerprint density at radius 2 is 2.09 bits per heavy atom. The van der Waals surface area contributed by atoms with Gasteiger partial charge in [0, 0.05) is 17.5 Å². The number of nitrogens with zero attached hydrogens (tertiary/aromatic N) is 1. The maximum Gasteiger partial charge on any atom is 0.253 e. The number of hydrogen-bond acceptors (Lipinski definition) is 3. The van der Waals surface area contributed by atoms with E-state index in [1.807, 2.05) is 6.07 Å². The molecule has 3 N–H and O–H groups in total. The number of nitrogens with one attached hydrogen (secondary N) is 2. The Morgan fingerprint density at radius 3 is 2.91 bits per heavy atom. The highest BCUT2D eigenvalue weighted by atomic mass is 19.1. The Kier molecular flexibility index (Phi) is 3.84. The van der Waals surface area contributed by atoms with Gasteiger partial charge in [0.25, 0.3) is 5.91 Å². The zero-order chi connectivity index (χ0) is 15.5. The van der Waals surface area contributed by atoms with Crippen LogP contribution in [0.15, 0.2) is 48.7 Å². The van der Waals surface area contributed by atoms with Crippen molar-refractivity contribution in [2.75, 3.05) is 6.54 Å². The van der Waals surface area contributed by atoms with E-state index in [0.717, 1.165) is 5.39 Å². The Bertz CT molecular complexity index is 816. The number of rotatable bonds is 4. The van der Waals surface area contributed by atoms with Crippen molar-refractivity contribution in [1.82, 2.24) is 15.5 Å². The summed E-state index contributed by atoms with van der Waals surface area (Å²) in [5, 5.41) is 20.1. The van der Waals surface area contributed by atoms with Crippen LogP contribution in [0.25, 0.3) is 10.9 Å². The molecule has 0 spiro atoms. The number of aliphatic hydroxyl groups excluding tert-OH is 1. The molecule has 0 aliphatic heterocycles. The summed E-state index contributed by atoms with van der Waals surface area (Å²) in [5.74, 6) is -0.856. The topological polar surface area (TPSA) is 78.0 Å². The van der Waals surface area contributed by atoms with Gasteiger partial charge in [-0.15, -0.1) is 0 Å². The van der Waals surface area contributed by atoms with Crippen LogP contribution in [0.5, 0.6) is 0 Å². The van der Waals surface area contributed by atoms with E-state index in [9.17, 15) is 14.3 Å². The van der Waals surface area contributed by atoms with Crippen molar-refractivity contribution in [1.29, 1.82) is 0 Å². The molecular formula is C16H14FN3O2. The van der Waals surface area contributed by atoms with Gasteiger partial charge in [0.1, 0.15) is 5.82 Å². The number of fused-ring (bicyclic) bond motifs is 1. The molecule has 112 valence electrons. The minimum absolute atomic E-state index is 0.0791. The van der Waals surface area contributed by atoms with Crippen molar-refractivity contribution >= 4 is 16.8 Å². The quantitative estimate of drug-likeness (QED) is 0.691. The van der Waals surface area contributed by atoms with Crippen molar-refractivity contribution in [3.63, 3.8) is 0 Å². The molecule has 0 bridgehead atoms. The molecule has 22 heavy (non-hydrogen) atoms. The standard InChI is InChI=1S/C16H14FN3O2/c17-13-7-2-1-5-11(13)14(21)9-18-16(22)12-6-3-4-10-8-19-20-15(10)12/h1-8,14,21H,9H2,(H,18,22)(H,19,20). The molecule has 5 nitrogen and oxygen atoms in total. The molecule has 2 aromatic carbocycles. The Hall–Kier alpha value is -2.73. The lowest BCUT2D eigenvalue weighted by Gasteiger charge is -2.13. The lowest BCUT2D eigenvalue weighted by atomic mass is 10.1. The zero-order valence-electron chi connectivity index (χ0n) is 11.6. The van der Waals surface area contributed by atoms with Gasteiger partial charge in [-0.05, 0) is 12.1 Å². The second-order valence-electron chi connectivity index (χ2n) is 4.89. The van der Waals surface area contributed by atoms with E-state index in [1.54, 1.807) is 30.5 Å². The van der Waals surface area contributed by atoms with Crippen LogP contribution in [0.2, 0.25) is 0 Å². The highest BCUT2D eigenvalue weighted by Crippen LogP contribution is 2.17. The van der Waals surface area contributed by atoms with Crippen molar-refractivity contribution in [2.45, 2.75) is 6.10 Å². The number of halogens is 1. The van der Waals surface area contributed by atoms with Crippen molar-refractivity contribution in [2.24, 2.45) is 0 Å². The second-order valence-corrected chi connectivity index (χ2v) is 4.89. The Labute approximate surface area is 125 Å². The third kappa shape index (κ3) is 2.68. The fourth-order valence-electron chi connectivity index (χ4n) is 2.30. The van der Waals surface area contributed by atoms with Crippen molar-refractivity contribution in [3.05, 3.63) is 65.6 Å². The summed E-state index contributed by atoms with van der Waals surface area (Å²) in [6.07, 6.45) is 0.520. The number of benzene rings is 2. The van der Waals surface area contributed by atoms with Gasteiger partial charge in [-0.2, -0.15) is 5.10 Å². The largest absolute Gasteiger partial charge is 0.386 e. The first-order valence-electron chi connectivity index (χ1n) is 6.79.